The van der Waals surface area contributed by atoms with Crippen LogP contribution < -0.4 is 18.9 Å². The van der Waals surface area contributed by atoms with Crippen molar-refractivity contribution in [3.05, 3.63) is 122 Å². The Morgan fingerprint density at radius 2 is 1.09 bits per heavy atom. The van der Waals surface area contributed by atoms with Gasteiger partial charge in [-0.25, -0.2) is 0 Å². The van der Waals surface area contributed by atoms with Gasteiger partial charge in [0.2, 0.25) is 11.8 Å². The molecule has 6 saturated heterocycles. The normalized spacial score (nSPS) is 27.3. The number of fused-ring (bicyclic) bond motifs is 9. The fourth-order valence-corrected chi connectivity index (χ4v) is 10.6. The van der Waals surface area contributed by atoms with Crippen LogP contribution in [0.4, 0.5) is 0 Å². The van der Waals surface area contributed by atoms with Gasteiger partial charge in [0.25, 0.3) is 0 Å². The van der Waals surface area contributed by atoms with Crippen molar-refractivity contribution in [1.29, 1.82) is 0 Å². The van der Waals surface area contributed by atoms with Gasteiger partial charge >= 0.3 is 0 Å². The van der Waals surface area contributed by atoms with Gasteiger partial charge in [0, 0.05) is 47.4 Å². The van der Waals surface area contributed by atoms with Crippen molar-refractivity contribution < 1.29 is 18.9 Å². The van der Waals surface area contributed by atoms with Crippen LogP contribution in [0.2, 0.25) is 0 Å². The summed E-state index contributed by atoms with van der Waals surface area (Å²) < 4.78 is 25.9. The van der Waals surface area contributed by atoms with E-state index < -0.39 is 0 Å². The lowest BCUT2D eigenvalue weighted by Crippen LogP contribution is -2.55. The van der Waals surface area contributed by atoms with Crippen molar-refractivity contribution in [3.8, 4) is 23.3 Å². The van der Waals surface area contributed by atoms with Gasteiger partial charge < -0.3 is 18.9 Å². The molecule has 10 atom stereocenters. The smallest absolute Gasteiger partial charge is 0.242 e. The van der Waals surface area contributed by atoms with Gasteiger partial charge in [-0.05, 0) is 123 Å². The fourth-order valence-electron chi connectivity index (χ4n) is 10.6. The molecule has 2 unspecified atom stereocenters. The van der Waals surface area contributed by atoms with Crippen LogP contribution in [0.5, 0.6) is 23.3 Å². The molecule has 12 rings (SSSR count). The second-order valence-corrected chi connectivity index (χ2v) is 16.5. The van der Waals surface area contributed by atoms with Gasteiger partial charge in [-0.2, -0.15) is 0 Å². The largest absolute Gasteiger partial charge is 0.497 e. The van der Waals surface area contributed by atoms with Crippen molar-refractivity contribution >= 4 is 32.6 Å². The van der Waals surface area contributed by atoms with E-state index in [-0.39, 0.29) is 24.3 Å². The number of piperidine rings is 6. The molecule has 3 aromatic heterocycles. The first kappa shape index (κ1) is 36.7. The highest BCUT2D eigenvalue weighted by atomic mass is 16.5. The number of hydrogen-bond donors (Lipinski definition) is 0. The molecular weight excluding hydrogens is 725 g/mol. The molecule has 296 valence electrons. The molecule has 0 amide bonds. The zero-order valence-electron chi connectivity index (χ0n) is 33.2. The number of rotatable bonds is 12. The van der Waals surface area contributed by atoms with Crippen LogP contribution in [0.3, 0.4) is 0 Å². The summed E-state index contributed by atoms with van der Waals surface area (Å²) in [6.45, 7) is 12.3. The van der Waals surface area contributed by atoms with Gasteiger partial charge in [0.1, 0.15) is 23.7 Å². The quantitative estimate of drug-likeness (QED) is 0.112. The SMILES string of the molecule is C=C[C@H]1CN2CC[C@H]1C[C@@H]2[C@@H](Oc1nnc(O[C@@H](c2ccnc3ccc(OC)cc23)[C@H]2C[C@@H]3CCN2C[C@@H]3C=C)c2ccccc12)c1ccnc2ccc(OC)cc12. The van der Waals surface area contributed by atoms with Crippen LogP contribution in [-0.4, -0.2) is 82.4 Å². The van der Waals surface area contributed by atoms with Crippen LogP contribution in [-0.2, 0) is 0 Å². The molecule has 0 saturated carbocycles. The summed E-state index contributed by atoms with van der Waals surface area (Å²) in [7, 11) is 3.40. The lowest BCUT2D eigenvalue weighted by Gasteiger charge is -2.51. The Kier molecular flexibility index (Phi) is 9.69. The number of aromatic nitrogens is 4. The Morgan fingerprint density at radius 3 is 1.48 bits per heavy atom. The lowest BCUT2D eigenvalue weighted by molar-refractivity contribution is -0.0382. The van der Waals surface area contributed by atoms with Gasteiger partial charge in [0.05, 0.1) is 48.1 Å². The molecule has 9 heterocycles. The maximum absolute atomic E-state index is 7.26. The lowest BCUT2D eigenvalue weighted by atomic mass is 9.73. The fraction of sp³-hybridized carbons (Fsp3) is 0.375. The molecule has 6 fully saturated rings. The topological polar surface area (TPSA) is 95.0 Å². The van der Waals surface area contributed by atoms with E-state index >= 15 is 0 Å². The average molecular weight is 775 g/mol. The summed E-state index contributed by atoms with van der Waals surface area (Å²) in [6, 6.07) is 24.7. The summed E-state index contributed by atoms with van der Waals surface area (Å²) in [4.78, 5) is 14.6. The van der Waals surface area contributed by atoms with E-state index in [1.807, 2.05) is 48.8 Å². The zero-order valence-corrected chi connectivity index (χ0v) is 33.2. The number of hydrogen-bond acceptors (Lipinski definition) is 10. The molecule has 58 heavy (non-hydrogen) atoms. The van der Waals surface area contributed by atoms with E-state index in [1.165, 1.54) is 0 Å². The first-order valence-corrected chi connectivity index (χ1v) is 20.7. The highest BCUT2D eigenvalue weighted by molar-refractivity contribution is 5.91. The predicted molar refractivity (Wildman–Crippen MR) is 226 cm³/mol. The van der Waals surface area contributed by atoms with E-state index in [0.29, 0.717) is 35.4 Å². The second kappa shape index (κ2) is 15.3. The minimum absolute atomic E-state index is 0.125. The van der Waals surface area contributed by atoms with Crippen LogP contribution in [0, 0.1) is 23.7 Å². The Morgan fingerprint density at radius 1 is 0.621 bits per heavy atom. The van der Waals surface area contributed by atoms with Gasteiger partial charge in [-0.15, -0.1) is 23.4 Å². The van der Waals surface area contributed by atoms with Crippen molar-refractivity contribution in [2.75, 3.05) is 40.4 Å². The molecule has 10 heteroatoms. The first-order valence-electron chi connectivity index (χ1n) is 20.7. The number of methoxy groups -OCH3 is 2. The molecular formula is C48H50N6O4. The number of ether oxygens (including phenoxy) is 4. The standard InChI is InChI=1S/C48H50N6O4/c1-5-29-27-53-21-17-31(29)23-43(53)45(35-15-19-49-41-13-11-33(55-3)25-39(35)41)57-47-37-9-7-8-10-38(37)48(52-51-47)58-46(44-24-32-18-22-54(44)28-30(32)6-2)36-16-20-50-42-14-12-34(56-4)26-40(36)42/h5-16,19-20,25-26,29-32,43-46H,1-2,17-18,21-24,27-28H2,3-4H3/t29-,30-,31-,32-,43+,44+,45-,46-/m0/s1. The molecule has 0 spiro atoms. The zero-order chi connectivity index (χ0) is 39.3. The molecule has 0 radical (unpaired) electrons. The summed E-state index contributed by atoms with van der Waals surface area (Å²) in [5.74, 6) is 4.57. The minimum Gasteiger partial charge on any atom is -0.497 e. The van der Waals surface area contributed by atoms with Crippen LogP contribution in [0.15, 0.2) is 111 Å². The third-order valence-electron chi connectivity index (χ3n) is 13.7. The highest BCUT2D eigenvalue weighted by Gasteiger charge is 2.46. The Labute approximate surface area is 339 Å². The van der Waals surface area contributed by atoms with Gasteiger partial charge in [-0.3, -0.25) is 19.8 Å². The third-order valence-corrected chi connectivity index (χ3v) is 13.7. The van der Waals surface area contributed by atoms with Crippen LogP contribution in [0.1, 0.15) is 49.0 Å². The molecule has 6 aliphatic heterocycles. The van der Waals surface area contributed by atoms with E-state index in [9.17, 15) is 0 Å². The van der Waals surface area contributed by atoms with E-state index in [4.69, 9.17) is 39.1 Å². The van der Waals surface area contributed by atoms with Gasteiger partial charge in [-0.1, -0.05) is 24.3 Å². The summed E-state index contributed by atoms with van der Waals surface area (Å²) in [5.41, 5.74) is 3.90. The Hall–Kier alpha value is -5.58. The highest BCUT2D eigenvalue weighted by Crippen LogP contribution is 2.47. The number of benzene rings is 3. The molecule has 10 nitrogen and oxygen atoms in total. The molecule has 0 N–H and O–H groups in total. The summed E-state index contributed by atoms with van der Waals surface area (Å²) in [5, 5.41) is 13.5. The first-order chi connectivity index (χ1) is 28.5. The second-order valence-electron chi connectivity index (χ2n) is 16.5. The Bertz CT molecular complexity index is 2340. The molecule has 0 aliphatic carbocycles. The van der Waals surface area contributed by atoms with Crippen LogP contribution >= 0.6 is 0 Å². The minimum atomic E-state index is -0.343. The van der Waals surface area contributed by atoms with E-state index in [0.717, 1.165) is 107 Å². The predicted octanol–water partition coefficient (Wildman–Crippen LogP) is 8.78. The Balaban J connectivity index is 1.07. The molecule has 3 aromatic carbocycles. The maximum atomic E-state index is 7.26. The van der Waals surface area contributed by atoms with E-state index in [2.05, 4.69) is 71.5 Å². The number of pyridine rings is 2. The van der Waals surface area contributed by atoms with Crippen molar-refractivity contribution in [1.82, 2.24) is 30.0 Å². The van der Waals surface area contributed by atoms with Gasteiger partial charge in [0.15, 0.2) is 0 Å². The monoisotopic (exact) mass is 774 g/mol. The molecule has 6 aliphatic rings. The number of nitrogens with zero attached hydrogens (tertiary/aromatic N) is 6. The molecule has 6 aromatic rings. The van der Waals surface area contributed by atoms with Crippen molar-refractivity contribution in [3.63, 3.8) is 0 Å². The summed E-state index contributed by atoms with van der Waals surface area (Å²) in [6.07, 6.45) is 11.7. The maximum Gasteiger partial charge on any atom is 0.242 e. The van der Waals surface area contributed by atoms with Crippen molar-refractivity contribution in [2.45, 2.75) is 50.0 Å². The van der Waals surface area contributed by atoms with Crippen molar-refractivity contribution in [2.24, 2.45) is 23.7 Å². The average Bonchev–Trinajstić information content (AvgIpc) is 3.29. The van der Waals surface area contributed by atoms with E-state index in [1.54, 1.807) is 14.2 Å². The van der Waals surface area contributed by atoms with Crippen LogP contribution in [0.25, 0.3) is 32.6 Å². The molecule has 4 bridgehead atoms. The third kappa shape index (κ3) is 6.43. The summed E-state index contributed by atoms with van der Waals surface area (Å²) >= 11 is 0.